The van der Waals surface area contributed by atoms with Gasteiger partial charge >= 0.3 is 0 Å². The summed E-state index contributed by atoms with van der Waals surface area (Å²) < 4.78 is 5.15. The Morgan fingerprint density at radius 3 is 2.43 bits per heavy atom. The molecule has 0 saturated heterocycles. The van der Waals surface area contributed by atoms with E-state index in [4.69, 9.17) is 10.5 Å². The number of ether oxygens (including phenoxy) is 1. The molecule has 1 unspecified atom stereocenters. The van der Waals surface area contributed by atoms with Crippen LogP contribution in [0.1, 0.15) is 19.8 Å². The highest BCUT2D eigenvalue weighted by Crippen LogP contribution is 2.37. The summed E-state index contributed by atoms with van der Waals surface area (Å²) in [7, 11) is 1.60. The molecule has 0 spiro atoms. The molecule has 0 radical (unpaired) electrons. The number of methoxy groups -OCH3 is 1. The van der Waals surface area contributed by atoms with E-state index in [0.717, 1.165) is 24.3 Å². The summed E-state index contributed by atoms with van der Waals surface area (Å²) in [5.74, 6) is 0.802. The fourth-order valence-corrected chi connectivity index (χ4v) is 2.47. The number of nitrogens with two attached hydrogens (primary N) is 1. The van der Waals surface area contributed by atoms with E-state index in [2.05, 4.69) is 5.32 Å². The summed E-state index contributed by atoms with van der Waals surface area (Å²) >= 11 is 0. The molecule has 2 amide bonds. The van der Waals surface area contributed by atoms with Crippen molar-refractivity contribution in [3.8, 4) is 5.75 Å². The Morgan fingerprint density at radius 1 is 1.35 bits per heavy atom. The Labute approximate surface area is 142 Å². The molecule has 0 heterocycles. The minimum atomic E-state index is -0.331. The number of benzene rings is 1. The molecule has 1 aromatic rings. The van der Waals surface area contributed by atoms with Crippen molar-refractivity contribution in [2.75, 3.05) is 25.1 Å². The van der Waals surface area contributed by atoms with Gasteiger partial charge in [-0.05, 0) is 49.9 Å². The van der Waals surface area contributed by atoms with Crippen molar-refractivity contribution in [1.82, 2.24) is 5.32 Å². The topological polar surface area (TPSA) is 84.7 Å². The van der Waals surface area contributed by atoms with Crippen molar-refractivity contribution in [2.24, 2.45) is 11.7 Å². The number of hydrogen-bond donors (Lipinski definition) is 2. The molecule has 1 atom stereocenters. The van der Waals surface area contributed by atoms with Crippen molar-refractivity contribution in [3.05, 3.63) is 24.3 Å². The Kier molecular flexibility index (Phi) is 7.32. The number of nitrogens with zero attached hydrogens (tertiary/aromatic N) is 1. The predicted octanol–water partition coefficient (Wildman–Crippen LogP) is 1.32. The monoisotopic (exact) mass is 341 g/mol. The molecular weight excluding hydrogens is 318 g/mol. The number of carbonyl (C=O) groups is 2. The zero-order valence-corrected chi connectivity index (χ0v) is 14.3. The lowest BCUT2D eigenvalue weighted by Crippen LogP contribution is -2.46. The number of amides is 2. The van der Waals surface area contributed by atoms with Gasteiger partial charge in [0, 0.05) is 11.7 Å². The van der Waals surface area contributed by atoms with Crippen LogP contribution in [-0.2, 0) is 9.59 Å². The maximum atomic E-state index is 12.5. The molecular formula is C16H24ClN3O3. The maximum absolute atomic E-state index is 12.5. The Balaban J connectivity index is 0.00000264. The molecule has 2 rings (SSSR count). The third-order valence-corrected chi connectivity index (χ3v) is 3.95. The third kappa shape index (κ3) is 5.11. The zero-order chi connectivity index (χ0) is 16.1. The Morgan fingerprint density at radius 2 is 1.96 bits per heavy atom. The number of anilines is 1. The average Bonchev–Trinajstić information content (AvgIpc) is 3.38. The SMILES string of the molecule is COc1ccc(N(C(=O)CNC(=O)CN)C(C)C2CC2)cc1.Cl. The first-order valence-corrected chi connectivity index (χ1v) is 7.49. The smallest absolute Gasteiger partial charge is 0.246 e. The van der Waals surface area contributed by atoms with E-state index in [9.17, 15) is 9.59 Å². The molecule has 0 aliphatic heterocycles. The van der Waals surface area contributed by atoms with Gasteiger partial charge in [0.1, 0.15) is 5.75 Å². The minimum Gasteiger partial charge on any atom is -0.497 e. The summed E-state index contributed by atoms with van der Waals surface area (Å²) in [6, 6.07) is 7.48. The van der Waals surface area contributed by atoms with Crippen molar-refractivity contribution in [2.45, 2.75) is 25.8 Å². The van der Waals surface area contributed by atoms with Crippen LogP contribution in [0.2, 0.25) is 0 Å². The van der Waals surface area contributed by atoms with Crippen molar-refractivity contribution in [1.29, 1.82) is 0 Å². The van der Waals surface area contributed by atoms with E-state index in [1.54, 1.807) is 12.0 Å². The minimum absolute atomic E-state index is 0. The highest BCUT2D eigenvalue weighted by molar-refractivity contribution is 5.97. The van der Waals surface area contributed by atoms with Crippen LogP contribution in [0.4, 0.5) is 5.69 Å². The molecule has 1 aliphatic rings. The van der Waals surface area contributed by atoms with Crippen molar-refractivity contribution >= 4 is 29.9 Å². The van der Waals surface area contributed by atoms with Gasteiger partial charge in [0.15, 0.2) is 0 Å². The van der Waals surface area contributed by atoms with Crippen LogP contribution in [0.25, 0.3) is 0 Å². The molecule has 1 saturated carbocycles. The molecule has 128 valence electrons. The molecule has 1 fully saturated rings. The largest absolute Gasteiger partial charge is 0.497 e. The second-order valence-corrected chi connectivity index (χ2v) is 5.52. The van der Waals surface area contributed by atoms with Crippen LogP contribution in [-0.4, -0.2) is 38.1 Å². The van der Waals surface area contributed by atoms with E-state index in [1.807, 2.05) is 31.2 Å². The Hall–Kier alpha value is -1.79. The van der Waals surface area contributed by atoms with Gasteiger partial charge in [0.25, 0.3) is 0 Å². The van der Waals surface area contributed by atoms with E-state index in [1.165, 1.54) is 0 Å². The van der Waals surface area contributed by atoms with Gasteiger partial charge in [-0.3, -0.25) is 9.59 Å². The maximum Gasteiger partial charge on any atom is 0.246 e. The van der Waals surface area contributed by atoms with Crippen LogP contribution in [0.3, 0.4) is 0 Å². The van der Waals surface area contributed by atoms with Gasteiger partial charge in [0.2, 0.25) is 11.8 Å². The Bertz CT molecular complexity index is 532. The van der Waals surface area contributed by atoms with Gasteiger partial charge in [-0.25, -0.2) is 0 Å². The molecule has 0 bridgehead atoms. The normalized spacial score (nSPS) is 14.4. The first-order chi connectivity index (χ1) is 10.6. The standard InChI is InChI=1S/C16H23N3O3.ClH/c1-11(12-3-4-12)19(16(21)10-18-15(20)9-17)13-5-7-14(22-2)8-6-13;/h5-8,11-12H,3-4,9-10,17H2,1-2H3,(H,18,20);1H. The molecule has 3 N–H and O–H groups in total. The van der Waals surface area contributed by atoms with Gasteiger partial charge < -0.3 is 20.7 Å². The molecule has 23 heavy (non-hydrogen) atoms. The fraction of sp³-hybridized carbons (Fsp3) is 0.500. The highest BCUT2D eigenvalue weighted by Gasteiger charge is 2.35. The first kappa shape index (κ1) is 19.3. The van der Waals surface area contributed by atoms with Crippen LogP contribution in [0.15, 0.2) is 24.3 Å². The van der Waals surface area contributed by atoms with Crippen LogP contribution < -0.4 is 20.7 Å². The predicted molar refractivity (Wildman–Crippen MR) is 92.0 cm³/mol. The van der Waals surface area contributed by atoms with E-state index < -0.39 is 0 Å². The van der Waals surface area contributed by atoms with Crippen LogP contribution in [0.5, 0.6) is 5.75 Å². The lowest BCUT2D eigenvalue weighted by molar-refractivity contribution is -0.124. The van der Waals surface area contributed by atoms with Crippen molar-refractivity contribution in [3.63, 3.8) is 0 Å². The quantitative estimate of drug-likeness (QED) is 0.783. The van der Waals surface area contributed by atoms with Crippen molar-refractivity contribution < 1.29 is 14.3 Å². The summed E-state index contributed by atoms with van der Waals surface area (Å²) in [5.41, 5.74) is 6.06. The summed E-state index contributed by atoms with van der Waals surface area (Å²) in [6.45, 7) is 1.89. The average molecular weight is 342 g/mol. The fourth-order valence-electron chi connectivity index (χ4n) is 2.47. The van der Waals surface area contributed by atoms with Gasteiger partial charge in [-0.2, -0.15) is 0 Å². The molecule has 1 aromatic carbocycles. The summed E-state index contributed by atoms with van der Waals surface area (Å²) in [6.07, 6.45) is 2.27. The molecule has 6 nitrogen and oxygen atoms in total. The van der Waals surface area contributed by atoms with E-state index in [-0.39, 0.29) is 43.4 Å². The lowest BCUT2D eigenvalue weighted by Gasteiger charge is -2.30. The van der Waals surface area contributed by atoms with Crippen LogP contribution in [0, 0.1) is 5.92 Å². The molecule has 1 aliphatic carbocycles. The second kappa shape index (κ2) is 8.74. The number of carbonyl (C=O) groups excluding carboxylic acids is 2. The van der Waals surface area contributed by atoms with E-state index in [0.29, 0.717) is 5.92 Å². The lowest BCUT2D eigenvalue weighted by atomic mass is 10.1. The second-order valence-electron chi connectivity index (χ2n) is 5.52. The summed E-state index contributed by atoms with van der Waals surface area (Å²) in [4.78, 5) is 25.5. The van der Waals surface area contributed by atoms with Gasteiger partial charge in [-0.15, -0.1) is 12.4 Å². The molecule has 0 aromatic heterocycles. The van der Waals surface area contributed by atoms with Gasteiger partial charge in [-0.1, -0.05) is 0 Å². The third-order valence-electron chi connectivity index (χ3n) is 3.95. The van der Waals surface area contributed by atoms with E-state index >= 15 is 0 Å². The number of nitrogens with one attached hydrogen (secondary N) is 1. The van der Waals surface area contributed by atoms with Crippen LogP contribution >= 0.6 is 12.4 Å². The number of halogens is 1. The van der Waals surface area contributed by atoms with Gasteiger partial charge in [0.05, 0.1) is 20.2 Å². The number of hydrogen-bond acceptors (Lipinski definition) is 4. The molecule has 7 heteroatoms. The summed E-state index contributed by atoms with van der Waals surface area (Å²) in [5, 5.41) is 2.54. The number of rotatable bonds is 7. The zero-order valence-electron chi connectivity index (χ0n) is 13.5. The first-order valence-electron chi connectivity index (χ1n) is 7.49. The highest BCUT2D eigenvalue weighted by atomic mass is 35.5.